The number of allylic oxidation sites excluding steroid dienone is 2. The second-order valence-electron chi connectivity index (χ2n) is 17.9. The van der Waals surface area contributed by atoms with E-state index < -0.39 is 0 Å². The monoisotopic (exact) mass is 986 g/mol. The summed E-state index contributed by atoms with van der Waals surface area (Å²) in [6, 6.07) is 27.6. The van der Waals surface area contributed by atoms with Gasteiger partial charge in [0.1, 0.15) is 0 Å². The van der Waals surface area contributed by atoms with Crippen LogP contribution in [0.5, 0.6) is 0 Å². The van der Waals surface area contributed by atoms with Crippen molar-refractivity contribution >= 4 is 27.3 Å². The Morgan fingerprint density at radius 2 is 1.03 bits per heavy atom. The molecule has 1 radical (unpaired) electrons. The molecular formula is C55H68IrN2O2-2. The number of carbonyl (C=O) groups excluding carboxylic acids is 1. The molecule has 0 atom stereocenters. The van der Waals surface area contributed by atoms with E-state index in [-0.39, 0.29) is 78.7 Å². The Labute approximate surface area is 381 Å². The summed E-state index contributed by atoms with van der Waals surface area (Å²) in [7, 11) is 0. The van der Waals surface area contributed by atoms with Gasteiger partial charge in [-0.15, -0.1) is 69.8 Å². The van der Waals surface area contributed by atoms with Gasteiger partial charge in [0, 0.05) is 50.4 Å². The Hall–Kier alpha value is -4.44. The number of aliphatic hydroxyl groups is 1. The van der Waals surface area contributed by atoms with Crippen LogP contribution in [0, 0.1) is 51.7 Å². The number of rotatable bonds is 9. The molecule has 0 aliphatic carbocycles. The fourth-order valence-electron chi connectivity index (χ4n) is 7.09. The van der Waals surface area contributed by atoms with Crippen LogP contribution in [0.25, 0.3) is 44.1 Å². The Bertz CT molecular complexity index is 2460. The molecular weight excluding hydrogens is 913 g/mol. The standard InChI is InChI=1S/2C21H22N.C13H24O2.Ir/c2*1-14-6-7-19-16(10-14)8-9-22-20(19)17-11-15(2)12-18(13-17)21(3,4)5;1-5-10(6-2)12(14)9-13(15)11(7-3)8-4;/h2*6-10,12-13H,1-5H3;9-11,14H,5-8H2,1-4H3;/q2*-1;;/b;;12-9-;/i2*8D,9D;;. The maximum absolute atomic E-state index is 11.7. The van der Waals surface area contributed by atoms with Gasteiger partial charge in [-0.05, 0) is 95.4 Å². The van der Waals surface area contributed by atoms with E-state index in [4.69, 9.17) is 5.48 Å². The van der Waals surface area contributed by atoms with Crippen molar-refractivity contribution in [2.45, 2.75) is 133 Å². The first kappa shape index (κ1) is 43.6. The van der Waals surface area contributed by atoms with Crippen LogP contribution >= 0.6 is 0 Å². The van der Waals surface area contributed by atoms with E-state index >= 15 is 0 Å². The van der Waals surface area contributed by atoms with E-state index in [0.717, 1.165) is 92.0 Å². The molecule has 0 aliphatic rings. The van der Waals surface area contributed by atoms with E-state index in [1.165, 1.54) is 17.2 Å². The van der Waals surface area contributed by atoms with Crippen LogP contribution in [-0.4, -0.2) is 20.9 Å². The molecule has 321 valence electrons. The summed E-state index contributed by atoms with van der Waals surface area (Å²) in [6.07, 6.45) is 4.93. The SMILES string of the molecule is CCC(CC)C(=O)/C=C(\O)C(CC)CC.[2H]c1nc(-c2[c-]c(C)cc(C(C)(C)C)c2)c2ccc(C)cc2c1[2H].[2H]c1nc(-c2[c-]c(C)cc(C(C)(C)C)c2)c2ccc(C)cc2c1[2H].[Ir]. The molecule has 0 spiro atoms. The van der Waals surface area contributed by atoms with E-state index in [0.29, 0.717) is 0 Å². The zero-order valence-corrected chi connectivity index (χ0v) is 40.8. The van der Waals surface area contributed by atoms with Crippen LogP contribution < -0.4 is 0 Å². The topological polar surface area (TPSA) is 63.1 Å². The smallest absolute Gasteiger partial charge is 0.162 e. The Kier molecular flexibility index (Phi) is 15.9. The summed E-state index contributed by atoms with van der Waals surface area (Å²) in [5.41, 5.74) is 10.0. The van der Waals surface area contributed by atoms with Gasteiger partial charge in [0.15, 0.2) is 5.78 Å². The number of carbonyl (C=O) groups is 1. The van der Waals surface area contributed by atoms with Crippen molar-refractivity contribution < 1.29 is 35.5 Å². The van der Waals surface area contributed by atoms with Gasteiger partial charge in [-0.2, -0.15) is 0 Å². The molecule has 4 nitrogen and oxygen atoms in total. The normalized spacial score (nSPS) is 12.8. The zero-order chi connectivity index (χ0) is 47.1. The summed E-state index contributed by atoms with van der Waals surface area (Å²) in [6.45, 7) is 29.2. The molecule has 6 aromatic rings. The van der Waals surface area contributed by atoms with Gasteiger partial charge < -0.3 is 15.1 Å². The number of fused-ring (bicyclic) bond motifs is 2. The van der Waals surface area contributed by atoms with E-state index in [1.54, 1.807) is 0 Å². The van der Waals surface area contributed by atoms with Crippen molar-refractivity contribution in [3.63, 3.8) is 0 Å². The van der Waals surface area contributed by atoms with Crippen LogP contribution in [-0.2, 0) is 35.7 Å². The summed E-state index contributed by atoms with van der Waals surface area (Å²) in [4.78, 5) is 20.5. The molecule has 0 unspecified atom stereocenters. The quantitative estimate of drug-likeness (QED) is 0.0891. The first-order valence-corrected chi connectivity index (χ1v) is 21.2. The minimum Gasteiger partial charge on any atom is -0.512 e. The number of nitrogens with zero attached hydrogens (tertiary/aromatic N) is 2. The number of aliphatic hydroxyl groups excluding tert-OH is 1. The molecule has 6 rings (SSSR count). The van der Waals surface area contributed by atoms with Crippen LogP contribution in [0.2, 0.25) is 0 Å². The predicted octanol–water partition coefficient (Wildman–Crippen LogP) is 15.1. The van der Waals surface area contributed by atoms with Gasteiger partial charge in [0.05, 0.1) is 11.2 Å². The van der Waals surface area contributed by atoms with Crippen molar-refractivity contribution in [3.8, 4) is 22.5 Å². The minimum absolute atomic E-state index is 0. The van der Waals surface area contributed by atoms with Gasteiger partial charge in [-0.1, -0.05) is 131 Å². The number of aryl methyl sites for hydroxylation is 4. The molecule has 0 bridgehead atoms. The fraction of sp³-hybridized carbons (Fsp3) is 0.400. The Balaban J connectivity index is 0.000000262. The summed E-state index contributed by atoms with van der Waals surface area (Å²) in [5, 5.41) is 13.1. The van der Waals surface area contributed by atoms with E-state index in [9.17, 15) is 9.90 Å². The number of ketones is 1. The predicted molar refractivity (Wildman–Crippen MR) is 252 cm³/mol. The molecule has 5 heteroatoms. The molecule has 0 amide bonds. The second kappa shape index (κ2) is 21.9. The van der Waals surface area contributed by atoms with Gasteiger partial charge in [-0.25, -0.2) is 0 Å². The van der Waals surface area contributed by atoms with Crippen molar-refractivity contribution in [3.05, 3.63) is 142 Å². The summed E-state index contributed by atoms with van der Waals surface area (Å²) >= 11 is 0. The van der Waals surface area contributed by atoms with Crippen LogP contribution in [0.15, 0.2) is 96.9 Å². The largest absolute Gasteiger partial charge is 0.512 e. The number of pyridine rings is 2. The fourth-order valence-corrected chi connectivity index (χ4v) is 7.09. The molecule has 0 aliphatic heterocycles. The minimum atomic E-state index is 0. The third kappa shape index (κ3) is 13.3. The van der Waals surface area contributed by atoms with Crippen LogP contribution in [0.4, 0.5) is 0 Å². The molecule has 0 saturated carbocycles. The average Bonchev–Trinajstić information content (AvgIpc) is 3.21. The third-order valence-corrected chi connectivity index (χ3v) is 10.9. The molecule has 60 heavy (non-hydrogen) atoms. The van der Waals surface area contributed by atoms with E-state index in [1.807, 2.05) is 91.8 Å². The maximum atomic E-state index is 11.7. The van der Waals surface area contributed by atoms with Gasteiger partial charge >= 0.3 is 0 Å². The molecule has 0 fully saturated rings. The Morgan fingerprint density at radius 1 is 0.650 bits per heavy atom. The number of hydrogen-bond acceptors (Lipinski definition) is 4. The molecule has 0 saturated heterocycles. The van der Waals surface area contributed by atoms with Crippen LogP contribution in [0.1, 0.15) is 134 Å². The Morgan fingerprint density at radius 3 is 1.38 bits per heavy atom. The van der Waals surface area contributed by atoms with Crippen LogP contribution in [0.3, 0.4) is 0 Å². The summed E-state index contributed by atoms with van der Waals surface area (Å²) in [5.74, 6) is 0.547. The average molecular weight is 985 g/mol. The van der Waals surface area contributed by atoms with Crippen molar-refractivity contribution in [2.24, 2.45) is 11.8 Å². The van der Waals surface area contributed by atoms with Crippen molar-refractivity contribution in [2.75, 3.05) is 0 Å². The van der Waals surface area contributed by atoms with E-state index in [2.05, 4.69) is 87.9 Å². The van der Waals surface area contributed by atoms with Crippen molar-refractivity contribution in [1.29, 1.82) is 0 Å². The third-order valence-electron chi connectivity index (χ3n) is 10.9. The number of hydrogen-bond donors (Lipinski definition) is 1. The number of aromatic nitrogens is 2. The van der Waals surface area contributed by atoms with Gasteiger partial charge in [0.2, 0.25) is 0 Å². The molecule has 2 aromatic heterocycles. The molecule has 4 aromatic carbocycles. The summed E-state index contributed by atoms with van der Waals surface area (Å²) < 4.78 is 32.5. The van der Waals surface area contributed by atoms with Crippen molar-refractivity contribution in [1.82, 2.24) is 9.97 Å². The van der Waals surface area contributed by atoms with Gasteiger partial charge in [-0.3, -0.25) is 4.79 Å². The first-order valence-electron chi connectivity index (χ1n) is 23.2. The number of benzene rings is 4. The molecule has 1 N–H and O–H groups in total. The zero-order valence-electron chi connectivity index (χ0n) is 42.4. The molecule has 2 heterocycles. The second-order valence-corrected chi connectivity index (χ2v) is 17.9. The van der Waals surface area contributed by atoms with Gasteiger partial charge in [0.25, 0.3) is 0 Å². The first-order chi connectivity index (χ1) is 29.4. The maximum Gasteiger partial charge on any atom is 0.162 e.